The molecule has 0 radical (unpaired) electrons. The van der Waals surface area contributed by atoms with Gasteiger partial charge in [0.25, 0.3) is 0 Å². The molecule has 1 aromatic rings. The molecule has 2 nitrogen and oxygen atoms in total. The van der Waals surface area contributed by atoms with Crippen LogP contribution in [0.15, 0.2) is 18.2 Å². The number of rotatable bonds is 3. The van der Waals surface area contributed by atoms with Gasteiger partial charge in [0.2, 0.25) is 0 Å². The molecule has 1 aromatic carbocycles. The summed E-state index contributed by atoms with van der Waals surface area (Å²) in [6.45, 7) is 8.76. The van der Waals surface area contributed by atoms with Crippen LogP contribution in [0.5, 0.6) is 0 Å². The fourth-order valence-electron chi connectivity index (χ4n) is 3.05. The molecule has 1 aliphatic rings. The molecule has 0 spiro atoms. The molecule has 19 heavy (non-hydrogen) atoms. The zero-order valence-corrected chi connectivity index (χ0v) is 13.2. The number of nitrogens with zero attached hydrogens (tertiary/aromatic N) is 1. The van der Waals surface area contributed by atoms with Gasteiger partial charge in [0.05, 0.1) is 0 Å². The van der Waals surface area contributed by atoms with Crippen molar-refractivity contribution in [2.24, 2.45) is 5.73 Å². The van der Waals surface area contributed by atoms with Crippen LogP contribution in [0.4, 0.5) is 0 Å². The minimum atomic E-state index is 0. The van der Waals surface area contributed by atoms with Crippen LogP contribution in [0, 0.1) is 13.8 Å². The number of hydrogen-bond acceptors (Lipinski definition) is 2. The molecular formula is C16H27ClN2. The molecule has 1 heterocycles. The molecule has 1 saturated heterocycles. The van der Waals surface area contributed by atoms with Gasteiger partial charge in [0.15, 0.2) is 0 Å². The van der Waals surface area contributed by atoms with Gasteiger partial charge >= 0.3 is 0 Å². The van der Waals surface area contributed by atoms with Crippen LogP contribution in [0.3, 0.4) is 0 Å². The minimum Gasteiger partial charge on any atom is -0.327 e. The van der Waals surface area contributed by atoms with Crippen molar-refractivity contribution in [1.29, 1.82) is 0 Å². The first kappa shape index (κ1) is 16.5. The Balaban J connectivity index is 0.00000180. The van der Waals surface area contributed by atoms with E-state index in [0.717, 1.165) is 6.54 Å². The van der Waals surface area contributed by atoms with E-state index >= 15 is 0 Å². The van der Waals surface area contributed by atoms with E-state index in [1.165, 1.54) is 42.5 Å². The molecule has 108 valence electrons. The van der Waals surface area contributed by atoms with Gasteiger partial charge in [-0.2, -0.15) is 0 Å². The molecule has 0 aromatic heterocycles. The van der Waals surface area contributed by atoms with Crippen LogP contribution in [-0.2, 0) is 6.54 Å². The molecule has 2 N–H and O–H groups in total. The lowest BCUT2D eigenvalue weighted by molar-refractivity contribution is 0.123. The lowest BCUT2D eigenvalue weighted by atomic mass is 9.95. The average Bonchev–Trinajstić information content (AvgIpc) is 2.33. The molecule has 3 heteroatoms. The molecule has 0 aliphatic carbocycles. The van der Waals surface area contributed by atoms with Crippen LogP contribution in [0.2, 0.25) is 0 Å². The fourth-order valence-corrected chi connectivity index (χ4v) is 3.05. The van der Waals surface area contributed by atoms with E-state index < -0.39 is 0 Å². The van der Waals surface area contributed by atoms with Gasteiger partial charge in [-0.3, -0.25) is 4.90 Å². The highest BCUT2D eigenvalue weighted by Crippen LogP contribution is 2.22. The summed E-state index contributed by atoms with van der Waals surface area (Å²) in [5.74, 6) is 0. The van der Waals surface area contributed by atoms with E-state index in [-0.39, 0.29) is 18.4 Å². The Kier molecular flexibility index (Phi) is 6.31. The van der Waals surface area contributed by atoms with Gasteiger partial charge in [-0.25, -0.2) is 0 Å². The first-order chi connectivity index (χ1) is 8.58. The number of nitrogens with two attached hydrogens (primary N) is 1. The summed E-state index contributed by atoms with van der Waals surface area (Å²) in [5, 5.41) is 0. The fraction of sp³-hybridized carbons (Fsp3) is 0.625. The number of aryl methyl sites for hydroxylation is 2. The van der Waals surface area contributed by atoms with Crippen molar-refractivity contribution in [2.75, 3.05) is 6.54 Å². The second kappa shape index (κ2) is 7.28. The van der Waals surface area contributed by atoms with Crippen LogP contribution < -0.4 is 5.73 Å². The third-order valence-electron chi connectivity index (χ3n) is 4.14. The van der Waals surface area contributed by atoms with Crippen LogP contribution in [-0.4, -0.2) is 23.5 Å². The SMILES string of the molecule is Cc1ccc(CN2CCCCC2C(C)N)c(C)c1.Cl. The summed E-state index contributed by atoms with van der Waals surface area (Å²) >= 11 is 0. The normalized spacial score (nSPS) is 21.8. The Morgan fingerprint density at radius 3 is 2.68 bits per heavy atom. The molecule has 0 bridgehead atoms. The van der Waals surface area contributed by atoms with E-state index in [1.54, 1.807) is 0 Å². The van der Waals surface area contributed by atoms with E-state index in [2.05, 4.69) is 43.9 Å². The Morgan fingerprint density at radius 2 is 2.05 bits per heavy atom. The van der Waals surface area contributed by atoms with Crippen molar-refractivity contribution in [2.45, 2.75) is 58.7 Å². The van der Waals surface area contributed by atoms with Crippen LogP contribution >= 0.6 is 12.4 Å². The average molecular weight is 283 g/mol. The highest BCUT2D eigenvalue weighted by molar-refractivity contribution is 5.85. The lowest BCUT2D eigenvalue weighted by Crippen LogP contribution is -2.48. The van der Waals surface area contributed by atoms with Gasteiger partial charge in [0, 0.05) is 18.6 Å². The second-order valence-electron chi connectivity index (χ2n) is 5.82. The van der Waals surface area contributed by atoms with E-state index in [9.17, 15) is 0 Å². The molecular weight excluding hydrogens is 256 g/mol. The van der Waals surface area contributed by atoms with Crippen LogP contribution in [0.1, 0.15) is 42.9 Å². The van der Waals surface area contributed by atoms with Gasteiger partial charge in [-0.05, 0) is 51.3 Å². The first-order valence-electron chi connectivity index (χ1n) is 7.13. The van der Waals surface area contributed by atoms with Gasteiger partial charge < -0.3 is 5.73 Å². The Morgan fingerprint density at radius 1 is 1.32 bits per heavy atom. The Hall–Kier alpha value is -0.570. The summed E-state index contributed by atoms with van der Waals surface area (Å²) in [4.78, 5) is 2.58. The van der Waals surface area contributed by atoms with Gasteiger partial charge in [-0.1, -0.05) is 30.2 Å². The number of halogens is 1. The van der Waals surface area contributed by atoms with Gasteiger partial charge in [-0.15, -0.1) is 12.4 Å². The summed E-state index contributed by atoms with van der Waals surface area (Å²) in [5.41, 5.74) is 10.3. The zero-order chi connectivity index (χ0) is 13.1. The van der Waals surface area contributed by atoms with Gasteiger partial charge in [0.1, 0.15) is 0 Å². The number of benzene rings is 1. The third kappa shape index (κ3) is 4.20. The lowest BCUT2D eigenvalue weighted by Gasteiger charge is -2.38. The van der Waals surface area contributed by atoms with Crippen molar-refractivity contribution in [1.82, 2.24) is 4.90 Å². The third-order valence-corrected chi connectivity index (χ3v) is 4.14. The van der Waals surface area contributed by atoms with Crippen LogP contribution in [0.25, 0.3) is 0 Å². The van der Waals surface area contributed by atoms with E-state index in [0.29, 0.717) is 6.04 Å². The smallest absolute Gasteiger partial charge is 0.0248 e. The monoisotopic (exact) mass is 282 g/mol. The molecule has 2 rings (SSSR count). The Bertz CT molecular complexity index is 404. The molecule has 2 unspecified atom stereocenters. The molecule has 1 aliphatic heterocycles. The maximum absolute atomic E-state index is 6.13. The maximum atomic E-state index is 6.13. The first-order valence-corrected chi connectivity index (χ1v) is 7.13. The molecule has 2 atom stereocenters. The predicted molar refractivity (Wildman–Crippen MR) is 84.9 cm³/mol. The highest BCUT2D eigenvalue weighted by atomic mass is 35.5. The Labute approximate surface area is 123 Å². The molecule has 1 fully saturated rings. The number of likely N-dealkylation sites (tertiary alicyclic amines) is 1. The summed E-state index contributed by atoms with van der Waals surface area (Å²) in [6, 6.07) is 7.60. The number of hydrogen-bond donors (Lipinski definition) is 1. The highest BCUT2D eigenvalue weighted by Gasteiger charge is 2.25. The summed E-state index contributed by atoms with van der Waals surface area (Å²) in [7, 11) is 0. The topological polar surface area (TPSA) is 29.3 Å². The quantitative estimate of drug-likeness (QED) is 0.920. The largest absolute Gasteiger partial charge is 0.327 e. The predicted octanol–water partition coefficient (Wildman–Crippen LogP) is 3.43. The minimum absolute atomic E-state index is 0. The summed E-state index contributed by atoms with van der Waals surface area (Å²) < 4.78 is 0. The zero-order valence-electron chi connectivity index (χ0n) is 12.4. The van der Waals surface area contributed by atoms with Crippen molar-refractivity contribution < 1.29 is 0 Å². The summed E-state index contributed by atoms with van der Waals surface area (Å²) in [6.07, 6.45) is 3.90. The standard InChI is InChI=1S/C16H26N2.ClH/c1-12-7-8-15(13(2)10-12)11-18-9-5-4-6-16(18)14(3)17;/h7-8,10,14,16H,4-6,9,11,17H2,1-3H3;1H. The van der Waals surface area contributed by atoms with Crippen molar-refractivity contribution in [3.63, 3.8) is 0 Å². The maximum Gasteiger partial charge on any atom is 0.0248 e. The van der Waals surface area contributed by atoms with E-state index in [4.69, 9.17) is 5.73 Å². The second-order valence-corrected chi connectivity index (χ2v) is 5.82. The van der Waals surface area contributed by atoms with Crippen molar-refractivity contribution >= 4 is 12.4 Å². The van der Waals surface area contributed by atoms with E-state index in [1.807, 2.05) is 0 Å². The van der Waals surface area contributed by atoms with Crippen molar-refractivity contribution in [3.8, 4) is 0 Å². The van der Waals surface area contributed by atoms with Crippen molar-refractivity contribution in [3.05, 3.63) is 34.9 Å². The molecule has 0 saturated carbocycles. The number of piperidine rings is 1. The molecule has 0 amide bonds.